The Balaban J connectivity index is 1.43. The number of pyridine rings is 1. The molecule has 1 aromatic carbocycles. The number of likely N-dealkylation sites (tertiary alicyclic amines) is 1. The summed E-state index contributed by atoms with van der Waals surface area (Å²) in [4.78, 5) is 23.7. The van der Waals surface area contributed by atoms with Crippen molar-refractivity contribution in [2.24, 2.45) is 0 Å². The average molecular weight is 426 g/mol. The van der Waals surface area contributed by atoms with Crippen molar-refractivity contribution in [1.29, 1.82) is 0 Å². The largest absolute Gasteiger partial charge is 0.472 e. The van der Waals surface area contributed by atoms with Gasteiger partial charge in [0.2, 0.25) is 0 Å². The lowest BCUT2D eigenvalue weighted by Crippen LogP contribution is -2.29. The van der Waals surface area contributed by atoms with Crippen LogP contribution in [0.3, 0.4) is 0 Å². The molecule has 1 amide bonds. The van der Waals surface area contributed by atoms with E-state index in [4.69, 9.17) is 9.40 Å². The number of imidazole rings is 1. The molecule has 0 saturated carbocycles. The van der Waals surface area contributed by atoms with Crippen molar-refractivity contribution in [2.75, 3.05) is 13.1 Å². The first kappa shape index (κ1) is 19.3. The van der Waals surface area contributed by atoms with Gasteiger partial charge in [-0.2, -0.15) is 13.2 Å². The van der Waals surface area contributed by atoms with Crippen molar-refractivity contribution in [3.05, 3.63) is 72.3 Å². The van der Waals surface area contributed by atoms with Crippen molar-refractivity contribution in [1.82, 2.24) is 19.4 Å². The number of furan rings is 1. The minimum absolute atomic E-state index is 0.0665. The summed E-state index contributed by atoms with van der Waals surface area (Å²) in [6.07, 6.45) is 1.12. The number of hydrogen-bond acceptors (Lipinski definition) is 4. The lowest BCUT2D eigenvalue weighted by atomic mass is 10.1. The lowest BCUT2D eigenvalue weighted by Gasteiger charge is -2.19. The molecule has 4 heterocycles. The van der Waals surface area contributed by atoms with Gasteiger partial charge in [0.25, 0.3) is 5.91 Å². The first-order valence-corrected chi connectivity index (χ1v) is 9.74. The van der Waals surface area contributed by atoms with E-state index in [0.717, 1.165) is 23.2 Å². The predicted molar refractivity (Wildman–Crippen MR) is 106 cm³/mol. The number of aromatic nitrogens is 3. The van der Waals surface area contributed by atoms with Crippen molar-refractivity contribution < 1.29 is 22.4 Å². The highest BCUT2D eigenvalue weighted by atomic mass is 19.4. The summed E-state index contributed by atoms with van der Waals surface area (Å²) in [6.45, 7) is 0.897. The molecule has 0 bridgehead atoms. The van der Waals surface area contributed by atoms with E-state index in [1.807, 2.05) is 22.8 Å². The van der Waals surface area contributed by atoms with Crippen LogP contribution in [0.5, 0.6) is 0 Å². The number of rotatable bonds is 3. The molecule has 158 valence electrons. The Hall–Kier alpha value is -3.62. The van der Waals surface area contributed by atoms with E-state index in [-0.39, 0.29) is 17.5 Å². The van der Waals surface area contributed by atoms with E-state index in [2.05, 4.69) is 4.98 Å². The summed E-state index contributed by atoms with van der Waals surface area (Å²) in [5.41, 5.74) is 1.73. The molecule has 5 rings (SSSR count). The zero-order valence-corrected chi connectivity index (χ0v) is 16.2. The van der Waals surface area contributed by atoms with Crippen molar-refractivity contribution in [3.8, 4) is 11.4 Å². The number of carbonyl (C=O) groups is 1. The monoisotopic (exact) mass is 426 g/mol. The highest BCUT2D eigenvalue weighted by Gasteiger charge is 2.33. The number of benzene rings is 1. The maximum Gasteiger partial charge on any atom is 0.416 e. The number of halogens is 3. The first-order chi connectivity index (χ1) is 14.9. The quantitative estimate of drug-likeness (QED) is 0.472. The van der Waals surface area contributed by atoms with Crippen molar-refractivity contribution in [3.63, 3.8) is 0 Å². The Morgan fingerprint density at radius 3 is 2.65 bits per heavy atom. The van der Waals surface area contributed by atoms with E-state index in [1.54, 1.807) is 23.6 Å². The molecule has 31 heavy (non-hydrogen) atoms. The number of hydrogen-bond donors (Lipinski definition) is 0. The van der Waals surface area contributed by atoms with E-state index in [9.17, 15) is 18.0 Å². The number of amides is 1. The number of nitrogens with zero attached hydrogens (tertiary/aromatic N) is 4. The third-order valence-corrected chi connectivity index (χ3v) is 5.50. The number of carbonyl (C=O) groups excluding carboxylic acids is 1. The van der Waals surface area contributed by atoms with Crippen LogP contribution >= 0.6 is 0 Å². The highest BCUT2D eigenvalue weighted by molar-refractivity contribution is 5.94. The summed E-state index contributed by atoms with van der Waals surface area (Å²) >= 11 is 0. The second kappa shape index (κ2) is 7.26. The molecular formula is C22H17F3N4O2. The molecule has 1 saturated heterocycles. The Labute approximate surface area is 174 Å². The zero-order chi connectivity index (χ0) is 21.6. The molecule has 9 heteroatoms. The lowest BCUT2D eigenvalue weighted by molar-refractivity contribution is -0.137. The van der Waals surface area contributed by atoms with Gasteiger partial charge in [-0.15, -0.1) is 0 Å². The fourth-order valence-electron chi connectivity index (χ4n) is 3.99. The van der Waals surface area contributed by atoms with Gasteiger partial charge in [-0.05, 0) is 48.9 Å². The standard InChI is InChI=1S/C22H17F3N4O2/c23-22(24,25)16-5-3-14(4-6-16)21(30)28-10-7-17(12-28)29-19(15-8-11-31-13-15)27-18-2-1-9-26-20(18)29/h1-6,8-9,11,13,17H,7,10,12H2. The average Bonchev–Trinajstić information content (AvgIpc) is 3.51. The molecule has 1 aliphatic heterocycles. The smallest absolute Gasteiger partial charge is 0.416 e. The van der Waals surface area contributed by atoms with Gasteiger partial charge in [0.15, 0.2) is 5.65 Å². The van der Waals surface area contributed by atoms with E-state index < -0.39 is 11.7 Å². The third kappa shape index (κ3) is 3.45. The fraction of sp³-hybridized carbons (Fsp3) is 0.227. The molecule has 1 fully saturated rings. The number of fused-ring (bicyclic) bond motifs is 1. The summed E-state index contributed by atoms with van der Waals surface area (Å²) in [5, 5.41) is 0. The van der Waals surface area contributed by atoms with Gasteiger partial charge < -0.3 is 13.9 Å². The molecule has 0 spiro atoms. The fourth-order valence-corrected chi connectivity index (χ4v) is 3.99. The second-order valence-corrected chi connectivity index (χ2v) is 7.43. The molecule has 0 N–H and O–H groups in total. The molecule has 3 aromatic heterocycles. The van der Waals surface area contributed by atoms with Gasteiger partial charge in [0.1, 0.15) is 17.6 Å². The molecule has 1 aliphatic rings. The maximum atomic E-state index is 12.9. The molecule has 0 aliphatic carbocycles. The van der Waals surface area contributed by atoms with Crippen LogP contribution in [0.15, 0.2) is 65.6 Å². The Morgan fingerprint density at radius 2 is 1.94 bits per heavy atom. The van der Waals surface area contributed by atoms with Crippen LogP contribution in [-0.4, -0.2) is 38.4 Å². The van der Waals surface area contributed by atoms with Crippen LogP contribution < -0.4 is 0 Å². The molecule has 0 radical (unpaired) electrons. The Kier molecular flexibility index (Phi) is 4.53. The summed E-state index contributed by atoms with van der Waals surface area (Å²) in [6, 6.07) is 9.76. The van der Waals surface area contributed by atoms with E-state index in [0.29, 0.717) is 31.0 Å². The van der Waals surface area contributed by atoms with Crippen molar-refractivity contribution >= 4 is 17.1 Å². The zero-order valence-electron chi connectivity index (χ0n) is 16.2. The number of alkyl halides is 3. The van der Waals surface area contributed by atoms with Gasteiger partial charge in [0, 0.05) is 24.8 Å². The van der Waals surface area contributed by atoms with Crippen LogP contribution in [0.1, 0.15) is 28.4 Å². The minimum atomic E-state index is -4.43. The Bertz CT molecular complexity index is 1230. The molecule has 6 nitrogen and oxygen atoms in total. The summed E-state index contributed by atoms with van der Waals surface area (Å²) in [5.74, 6) is 0.412. The van der Waals surface area contributed by atoms with Gasteiger partial charge >= 0.3 is 6.18 Å². The van der Waals surface area contributed by atoms with Crippen molar-refractivity contribution in [2.45, 2.75) is 18.6 Å². The van der Waals surface area contributed by atoms with E-state index in [1.165, 1.54) is 12.1 Å². The minimum Gasteiger partial charge on any atom is -0.472 e. The van der Waals surface area contributed by atoms with Gasteiger partial charge in [-0.1, -0.05) is 0 Å². The van der Waals surface area contributed by atoms with Gasteiger partial charge in [-0.25, -0.2) is 9.97 Å². The molecular weight excluding hydrogens is 409 g/mol. The molecule has 1 atom stereocenters. The molecule has 4 aromatic rings. The highest BCUT2D eigenvalue weighted by Crippen LogP contribution is 2.33. The summed E-state index contributed by atoms with van der Waals surface area (Å²) < 4.78 is 45.6. The SMILES string of the molecule is O=C(c1ccc(C(F)(F)F)cc1)N1CCC(n2c(-c3ccoc3)nc3cccnc32)C1. The normalized spacial score (nSPS) is 16.9. The first-order valence-electron chi connectivity index (χ1n) is 9.74. The van der Waals surface area contributed by atoms with Crippen LogP contribution in [0, 0.1) is 0 Å². The van der Waals surface area contributed by atoms with Crippen LogP contribution in [-0.2, 0) is 6.18 Å². The Morgan fingerprint density at radius 1 is 1.13 bits per heavy atom. The third-order valence-electron chi connectivity index (χ3n) is 5.50. The predicted octanol–water partition coefficient (Wildman–Crippen LogP) is 4.80. The van der Waals surface area contributed by atoms with Crippen LogP contribution in [0.25, 0.3) is 22.6 Å². The topological polar surface area (TPSA) is 64.2 Å². The van der Waals surface area contributed by atoms with E-state index >= 15 is 0 Å². The molecule has 1 unspecified atom stereocenters. The maximum absolute atomic E-state index is 12.9. The van der Waals surface area contributed by atoms with Gasteiger partial charge in [-0.3, -0.25) is 4.79 Å². The van der Waals surface area contributed by atoms with Crippen LogP contribution in [0.4, 0.5) is 13.2 Å². The van der Waals surface area contributed by atoms with Crippen LogP contribution in [0.2, 0.25) is 0 Å². The second-order valence-electron chi connectivity index (χ2n) is 7.43. The van der Waals surface area contributed by atoms with Gasteiger partial charge in [0.05, 0.1) is 23.4 Å². The summed E-state index contributed by atoms with van der Waals surface area (Å²) in [7, 11) is 0.